The van der Waals surface area contributed by atoms with Gasteiger partial charge in [-0.2, -0.15) is 0 Å². The number of amidine groups is 2. The lowest BCUT2D eigenvalue weighted by Gasteiger charge is -2.26. The third-order valence-electron chi connectivity index (χ3n) is 6.50. The van der Waals surface area contributed by atoms with E-state index in [9.17, 15) is 18.3 Å². The van der Waals surface area contributed by atoms with Crippen molar-refractivity contribution >= 4 is 49.9 Å². The van der Waals surface area contributed by atoms with Gasteiger partial charge in [0.1, 0.15) is 11.7 Å². The third-order valence-corrected chi connectivity index (χ3v) is 8.12. The van der Waals surface area contributed by atoms with Crippen molar-refractivity contribution in [2.45, 2.75) is 19.9 Å². The van der Waals surface area contributed by atoms with E-state index in [1.807, 2.05) is 17.0 Å². The molecule has 0 radical (unpaired) electrons. The molecule has 11 nitrogen and oxygen atoms in total. The molecule has 1 aliphatic rings. The number of benzene rings is 2. The molecule has 2 aromatic carbocycles. The molecule has 0 spiro atoms. The lowest BCUT2D eigenvalue weighted by atomic mass is 10.0. The van der Waals surface area contributed by atoms with Crippen LogP contribution in [0.2, 0.25) is 0 Å². The van der Waals surface area contributed by atoms with E-state index in [1.165, 1.54) is 6.20 Å². The monoisotopic (exact) mass is 537 g/mol. The largest absolute Gasteiger partial charge is 0.480 e. The first kappa shape index (κ1) is 26.9. The maximum absolute atomic E-state index is 13.1. The smallest absolute Gasteiger partial charge is 0.320 e. The van der Waals surface area contributed by atoms with E-state index in [2.05, 4.69) is 9.88 Å². The number of nitrogen functional groups attached to an aromatic ring is 1. The Hall–Kier alpha value is -4.19. The number of sulfonamides is 1. The van der Waals surface area contributed by atoms with Gasteiger partial charge in [0.25, 0.3) is 0 Å². The molecule has 0 unspecified atom stereocenters. The van der Waals surface area contributed by atoms with Gasteiger partial charge in [-0.05, 0) is 53.9 Å². The van der Waals surface area contributed by atoms with Gasteiger partial charge in [-0.25, -0.2) is 13.4 Å². The normalized spacial score (nSPS) is 14.2. The zero-order valence-electron chi connectivity index (χ0n) is 21.1. The molecule has 3 aromatic rings. The van der Waals surface area contributed by atoms with Gasteiger partial charge in [-0.1, -0.05) is 24.3 Å². The average molecular weight is 538 g/mol. The number of hydrogen-bond acceptors (Lipinski definition) is 7. The number of hydrogen-bond donors (Lipinski definition) is 4. The summed E-state index contributed by atoms with van der Waals surface area (Å²) in [5.74, 6) is -1.35. The van der Waals surface area contributed by atoms with Crippen LogP contribution in [0.15, 0.2) is 54.7 Å². The van der Waals surface area contributed by atoms with Crippen LogP contribution in [0, 0.1) is 10.8 Å². The van der Waals surface area contributed by atoms with Crippen molar-refractivity contribution in [2.24, 2.45) is 5.73 Å². The fourth-order valence-electron chi connectivity index (χ4n) is 4.51. The molecule has 1 aliphatic heterocycles. The molecular formula is C26H31N7O4S. The summed E-state index contributed by atoms with van der Waals surface area (Å²) in [5.41, 5.74) is 7.08. The molecule has 0 bridgehead atoms. The zero-order valence-corrected chi connectivity index (χ0v) is 21.9. The van der Waals surface area contributed by atoms with Gasteiger partial charge in [-0.3, -0.25) is 19.9 Å². The Morgan fingerprint density at radius 2 is 1.82 bits per heavy atom. The maximum atomic E-state index is 13.1. The summed E-state index contributed by atoms with van der Waals surface area (Å²) in [6, 6.07) is 14.2. The lowest BCUT2D eigenvalue weighted by molar-refractivity contribution is -0.134. The van der Waals surface area contributed by atoms with Crippen LogP contribution in [0.4, 0.5) is 11.5 Å². The number of aliphatic carboxylic acids is 1. The van der Waals surface area contributed by atoms with Crippen molar-refractivity contribution in [2.75, 3.05) is 41.1 Å². The third kappa shape index (κ3) is 6.20. The predicted molar refractivity (Wildman–Crippen MR) is 149 cm³/mol. The second-order valence-corrected chi connectivity index (χ2v) is 11.1. The zero-order chi connectivity index (χ0) is 27.4. The Bertz CT molecular complexity index is 1470. The first-order chi connectivity index (χ1) is 18.0. The van der Waals surface area contributed by atoms with E-state index in [4.69, 9.17) is 16.6 Å². The molecule has 200 valence electrons. The van der Waals surface area contributed by atoms with E-state index >= 15 is 0 Å². The van der Waals surface area contributed by atoms with Crippen LogP contribution in [0.1, 0.15) is 24.5 Å². The quantitative estimate of drug-likeness (QED) is 0.251. The second-order valence-electron chi connectivity index (χ2n) is 9.25. The minimum Gasteiger partial charge on any atom is -0.480 e. The molecule has 0 saturated carbocycles. The standard InChI is InChI=1S/C26H31N7O4S/c1-18(27)31-9-2-10-32(12-11-31)24-8-7-23(15-30-24)33(38(36,37)17-25(34)35)16-19-3-4-20-5-6-21(26(28)29)14-22(20)13-19/h3-8,13-15,27H,2,9-12,16-17H2,1H3,(H3,28,29)(H,34,35). The Labute approximate surface area is 221 Å². The van der Waals surface area contributed by atoms with Crippen molar-refractivity contribution in [1.29, 1.82) is 10.8 Å². The summed E-state index contributed by atoms with van der Waals surface area (Å²) in [6.07, 6.45) is 2.32. The van der Waals surface area contributed by atoms with Crippen LogP contribution in [0.25, 0.3) is 10.8 Å². The van der Waals surface area contributed by atoms with Crippen molar-refractivity contribution in [1.82, 2.24) is 9.88 Å². The molecule has 12 heteroatoms. The number of fused-ring (bicyclic) bond motifs is 1. The molecule has 1 aromatic heterocycles. The molecule has 0 atom stereocenters. The van der Waals surface area contributed by atoms with Crippen molar-refractivity contribution in [3.05, 3.63) is 65.9 Å². The van der Waals surface area contributed by atoms with Crippen LogP contribution in [0.3, 0.4) is 0 Å². The van der Waals surface area contributed by atoms with Gasteiger partial charge in [0.05, 0.1) is 24.3 Å². The molecule has 1 saturated heterocycles. The van der Waals surface area contributed by atoms with E-state index in [1.54, 1.807) is 43.3 Å². The van der Waals surface area contributed by atoms with Gasteiger partial charge >= 0.3 is 5.97 Å². The van der Waals surface area contributed by atoms with Gasteiger partial charge in [0.2, 0.25) is 10.0 Å². The van der Waals surface area contributed by atoms with Gasteiger partial charge in [0.15, 0.2) is 5.75 Å². The Balaban J connectivity index is 1.63. The van der Waals surface area contributed by atoms with Gasteiger partial charge in [0, 0.05) is 31.7 Å². The number of nitrogens with one attached hydrogen (secondary N) is 2. The molecule has 0 aliphatic carbocycles. The van der Waals surface area contributed by atoms with Gasteiger partial charge in [-0.15, -0.1) is 0 Å². The van der Waals surface area contributed by atoms with Crippen LogP contribution in [0.5, 0.6) is 0 Å². The van der Waals surface area contributed by atoms with E-state index in [0.717, 1.165) is 34.6 Å². The van der Waals surface area contributed by atoms with E-state index in [-0.39, 0.29) is 18.1 Å². The number of pyridine rings is 1. The van der Waals surface area contributed by atoms with Crippen molar-refractivity contribution in [3.8, 4) is 0 Å². The first-order valence-corrected chi connectivity index (χ1v) is 13.7. The molecular weight excluding hydrogens is 506 g/mol. The minimum absolute atomic E-state index is 0.0702. The molecule has 5 N–H and O–H groups in total. The summed E-state index contributed by atoms with van der Waals surface area (Å²) in [4.78, 5) is 20.0. The molecule has 4 rings (SSSR count). The Kier molecular flexibility index (Phi) is 7.81. The first-order valence-electron chi connectivity index (χ1n) is 12.1. The van der Waals surface area contributed by atoms with Crippen LogP contribution >= 0.6 is 0 Å². The molecule has 38 heavy (non-hydrogen) atoms. The lowest BCUT2D eigenvalue weighted by Crippen LogP contribution is -2.35. The molecule has 2 heterocycles. The molecule has 1 fully saturated rings. The maximum Gasteiger partial charge on any atom is 0.320 e. The summed E-state index contributed by atoms with van der Waals surface area (Å²) < 4.78 is 27.3. The minimum atomic E-state index is -4.21. The summed E-state index contributed by atoms with van der Waals surface area (Å²) in [7, 11) is -4.21. The average Bonchev–Trinajstić information content (AvgIpc) is 3.13. The Morgan fingerprint density at radius 3 is 2.47 bits per heavy atom. The SMILES string of the molecule is CC(=N)N1CCCN(c2ccc(N(Cc3ccc4ccc(C(=N)N)cc4c3)S(=O)(=O)CC(=O)O)cn2)CC1. The van der Waals surface area contributed by atoms with Crippen molar-refractivity contribution < 1.29 is 18.3 Å². The predicted octanol–water partition coefficient (Wildman–Crippen LogP) is 2.45. The number of anilines is 2. The highest BCUT2D eigenvalue weighted by Gasteiger charge is 2.27. The highest BCUT2D eigenvalue weighted by molar-refractivity contribution is 7.93. The van der Waals surface area contributed by atoms with Crippen LogP contribution < -0.4 is 14.9 Å². The number of aromatic nitrogens is 1. The van der Waals surface area contributed by atoms with Crippen LogP contribution in [-0.4, -0.2) is 73.0 Å². The van der Waals surface area contributed by atoms with Gasteiger partial charge < -0.3 is 20.6 Å². The number of carboxylic acids is 1. The fourth-order valence-corrected chi connectivity index (χ4v) is 5.75. The number of carboxylic acid groups (broad SMARTS) is 1. The van der Waals surface area contributed by atoms with Crippen molar-refractivity contribution in [3.63, 3.8) is 0 Å². The highest BCUT2D eigenvalue weighted by atomic mass is 32.2. The summed E-state index contributed by atoms with van der Waals surface area (Å²) >= 11 is 0. The topological polar surface area (TPSA) is 168 Å². The molecule has 0 amide bonds. The number of rotatable bonds is 8. The number of carbonyl (C=O) groups is 1. The van der Waals surface area contributed by atoms with E-state index in [0.29, 0.717) is 35.9 Å². The summed E-state index contributed by atoms with van der Waals surface area (Å²) in [6.45, 7) is 4.62. The van der Waals surface area contributed by atoms with E-state index < -0.39 is 21.7 Å². The number of nitrogens with two attached hydrogens (primary N) is 1. The van der Waals surface area contributed by atoms with Crippen LogP contribution in [-0.2, 0) is 21.4 Å². The second kappa shape index (κ2) is 11.1. The number of nitrogens with zero attached hydrogens (tertiary/aromatic N) is 4. The fraction of sp³-hybridized carbons (Fsp3) is 0.308. The highest BCUT2D eigenvalue weighted by Crippen LogP contribution is 2.26. The summed E-state index contributed by atoms with van der Waals surface area (Å²) in [5, 5.41) is 26.5. The Morgan fingerprint density at radius 1 is 1.05 bits per heavy atom.